The van der Waals surface area contributed by atoms with Crippen LogP contribution >= 0.6 is 0 Å². The van der Waals surface area contributed by atoms with Crippen LogP contribution in [0.1, 0.15) is 11.6 Å². The highest BCUT2D eigenvalue weighted by molar-refractivity contribution is 6.21. The van der Waals surface area contributed by atoms with E-state index in [0.29, 0.717) is 5.69 Å². The first kappa shape index (κ1) is 11.5. The minimum Gasteiger partial charge on any atom is -0.321 e. The standard InChI is InChI=1S/C15H12N2O2/c18-14-13(11-7-3-1-4-8-11)16-15(19)17(14)12-9-5-2-6-10-12/h1-10,13H,(H,16,19). The fourth-order valence-electron chi connectivity index (χ4n) is 2.17. The Bertz CT molecular complexity index is 611. The molecule has 0 bridgehead atoms. The van der Waals surface area contributed by atoms with Gasteiger partial charge in [0.05, 0.1) is 5.69 Å². The van der Waals surface area contributed by atoms with E-state index in [9.17, 15) is 9.59 Å². The number of urea groups is 1. The molecule has 0 saturated carbocycles. The van der Waals surface area contributed by atoms with Crippen LogP contribution in [-0.4, -0.2) is 11.9 Å². The summed E-state index contributed by atoms with van der Waals surface area (Å²) in [6.07, 6.45) is 0. The van der Waals surface area contributed by atoms with Crippen molar-refractivity contribution >= 4 is 17.6 Å². The van der Waals surface area contributed by atoms with Crippen molar-refractivity contribution < 1.29 is 9.59 Å². The first-order valence-electron chi connectivity index (χ1n) is 6.02. The zero-order valence-electron chi connectivity index (χ0n) is 10.1. The number of imide groups is 1. The number of hydrogen-bond donors (Lipinski definition) is 1. The lowest BCUT2D eigenvalue weighted by molar-refractivity contribution is -0.118. The molecule has 2 aromatic rings. The molecule has 1 unspecified atom stereocenters. The van der Waals surface area contributed by atoms with E-state index < -0.39 is 6.04 Å². The highest BCUT2D eigenvalue weighted by Gasteiger charge is 2.39. The molecule has 0 aliphatic carbocycles. The molecule has 0 aromatic heterocycles. The predicted molar refractivity (Wildman–Crippen MR) is 71.6 cm³/mol. The minimum absolute atomic E-state index is 0.248. The normalized spacial score (nSPS) is 18.5. The van der Waals surface area contributed by atoms with Gasteiger partial charge in [-0.05, 0) is 17.7 Å². The summed E-state index contributed by atoms with van der Waals surface area (Å²) in [6, 6.07) is 17.2. The highest BCUT2D eigenvalue weighted by atomic mass is 16.2. The number of nitrogens with zero attached hydrogens (tertiary/aromatic N) is 1. The van der Waals surface area contributed by atoms with Crippen molar-refractivity contribution in [2.45, 2.75) is 6.04 Å². The van der Waals surface area contributed by atoms with Crippen LogP contribution in [-0.2, 0) is 4.79 Å². The van der Waals surface area contributed by atoms with Gasteiger partial charge in [-0.1, -0.05) is 48.5 Å². The first-order valence-corrected chi connectivity index (χ1v) is 6.02. The molecule has 19 heavy (non-hydrogen) atoms. The Morgan fingerprint density at radius 2 is 1.42 bits per heavy atom. The van der Waals surface area contributed by atoms with Crippen molar-refractivity contribution in [2.24, 2.45) is 0 Å². The Morgan fingerprint density at radius 1 is 0.842 bits per heavy atom. The van der Waals surface area contributed by atoms with Gasteiger partial charge in [-0.2, -0.15) is 0 Å². The smallest absolute Gasteiger partial charge is 0.321 e. The van der Waals surface area contributed by atoms with E-state index in [0.717, 1.165) is 5.56 Å². The SMILES string of the molecule is O=C1NC(c2ccccc2)C(=O)N1c1ccccc1. The molecular formula is C15H12N2O2. The maximum Gasteiger partial charge on any atom is 0.329 e. The van der Waals surface area contributed by atoms with Crippen molar-refractivity contribution in [3.63, 3.8) is 0 Å². The van der Waals surface area contributed by atoms with Gasteiger partial charge in [-0.3, -0.25) is 4.79 Å². The summed E-state index contributed by atoms with van der Waals surface area (Å²) in [6.45, 7) is 0. The second-order valence-corrected chi connectivity index (χ2v) is 4.30. The van der Waals surface area contributed by atoms with Crippen molar-refractivity contribution in [3.05, 3.63) is 66.2 Å². The summed E-state index contributed by atoms with van der Waals surface area (Å²) in [4.78, 5) is 25.5. The van der Waals surface area contributed by atoms with Gasteiger partial charge in [-0.15, -0.1) is 0 Å². The lowest BCUT2D eigenvalue weighted by atomic mass is 10.1. The number of para-hydroxylation sites is 1. The maximum absolute atomic E-state index is 12.4. The molecule has 1 saturated heterocycles. The van der Waals surface area contributed by atoms with Crippen LogP contribution in [0.5, 0.6) is 0 Å². The Hall–Kier alpha value is -2.62. The molecular weight excluding hydrogens is 240 g/mol. The average Bonchev–Trinajstić information content (AvgIpc) is 2.76. The quantitative estimate of drug-likeness (QED) is 0.835. The molecule has 1 aliphatic heterocycles. The zero-order chi connectivity index (χ0) is 13.2. The first-order chi connectivity index (χ1) is 9.27. The van der Waals surface area contributed by atoms with Gasteiger partial charge in [0.1, 0.15) is 6.04 Å². The molecule has 1 fully saturated rings. The molecule has 4 nitrogen and oxygen atoms in total. The summed E-state index contributed by atoms with van der Waals surface area (Å²) in [5, 5.41) is 2.71. The molecule has 4 heteroatoms. The van der Waals surface area contributed by atoms with Gasteiger partial charge in [0, 0.05) is 0 Å². The van der Waals surface area contributed by atoms with Crippen molar-refractivity contribution in [3.8, 4) is 0 Å². The van der Waals surface area contributed by atoms with Crippen LogP contribution in [0.2, 0.25) is 0 Å². The van der Waals surface area contributed by atoms with Gasteiger partial charge in [0.25, 0.3) is 5.91 Å². The Labute approximate surface area is 110 Å². The van der Waals surface area contributed by atoms with Crippen molar-refractivity contribution in [2.75, 3.05) is 4.90 Å². The third-order valence-electron chi connectivity index (χ3n) is 3.09. The maximum atomic E-state index is 12.4. The third-order valence-corrected chi connectivity index (χ3v) is 3.09. The van der Waals surface area contributed by atoms with E-state index in [1.807, 2.05) is 36.4 Å². The fraction of sp³-hybridized carbons (Fsp3) is 0.0667. The summed E-state index contributed by atoms with van der Waals surface area (Å²) >= 11 is 0. The number of hydrogen-bond acceptors (Lipinski definition) is 2. The summed E-state index contributed by atoms with van der Waals surface area (Å²) in [5.74, 6) is -0.248. The Balaban J connectivity index is 1.94. The van der Waals surface area contributed by atoms with Crippen LogP contribution in [0, 0.1) is 0 Å². The van der Waals surface area contributed by atoms with Crippen molar-refractivity contribution in [1.29, 1.82) is 0 Å². The second kappa shape index (κ2) is 4.57. The average molecular weight is 252 g/mol. The van der Waals surface area contributed by atoms with Gasteiger partial charge in [0.2, 0.25) is 0 Å². The molecule has 94 valence electrons. The predicted octanol–water partition coefficient (Wildman–Crippen LogP) is 2.48. The van der Waals surface area contributed by atoms with E-state index in [2.05, 4.69) is 5.32 Å². The van der Waals surface area contributed by atoms with Gasteiger partial charge in [-0.25, -0.2) is 9.69 Å². The molecule has 1 N–H and O–H groups in total. The number of rotatable bonds is 2. The molecule has 0 spiro atoms. The minimum atomic E-state index is -0.603. The van der Waals surface area contributed by atoms with Gasteiger partial charge in [0.15, 0.2) is 0 Å². The molecule has 2 aromatic carbocycles. The number of carbonyl (C=O) groups excluding carboxylic acids is 2. The Morgan fingerprint density at radius 3 is 2.05 bits per heavy atom. The lowest BCUT2D eigenvalue weighted by Gasteiger charge is -2.12. The third kappa shape index (κ3) is 1.97. The van der Waals surface area contributed by atoms with E-state index in [-0.39, 0.29) is 11.9 Å². The number of benzene rings is 2. The number of carbonyl (C=O) groups is 2. The fourth-order valence-corrected chi connectivity index (χ4v) is 2.17. The van der Waals surface area contributed by atoms with E-state index in [4.69, 9.17) is 0 Å². The lowest BCUT2D eigenvalue weighted by Crippen LogP contribution is -2.30. The zero-order valence-corrected chi connectivity index (χ0v) is 10.1. The van der Waals surface area contributed by atoms with Crippen LogP contribution in [0.25, 0.3) is 0 Å². The van der Waals surface area contributed by atoms with E-state index >= 15 is 0 Å². The number of amides is 3. The van der Waals surface area contributed by atoms with Crippen LogP contribution in [0.3, 0.4) is 0 Å². The van der Waals surface area contributed by atoms with Gasteiger partial charge >= 0.3 is 6.03 Å². The molecule has 1 atom stereocenters. The van der Waals surface area contributed by atoms with E-state index in [1.165, 1.54) is 4.90 Å². The second-order valence-electron chi connectivity index (χ2n) is 4.30. The molecule has 1 heterocycles. The molecule has 3 amide bonds. The van der Waals surface area contributed by atoms with Gasteiger partial charge < -0.3 is 5.32 Å². The van der Waals surface area contributed by atoms with Crippen LogP contribution in [0.15, 0.2) is 60.7 Å². The van der Waals surface area contributed by atoms with Crippen LogP contribution < -0.4 is 10.2 Å². The summed E-state index contributed by atoms with van der Waals surface area (Å²) in [5.41, 5.74) is 1.38. The molecule has 0 radical (unpaired) electrons. The number of nitrogens with one attached hydrogen (secondary N) is 1. The highest BCUT2D eigenvalue weighted by Crippen LogP contribution is 2.26. The van der Waals surface area contributed by atoms with Crippen LogP contribution in [0.4, 0.5) is 10.5 Å². The topological polar surface area (TPSA) is 49.4 Å². The van der Waals surface area contributed by atoms with E-state index in [1.54, 1.807) is 24.3 Å². The van der Waals surface area contributed by atoms with Crippen molar-refractivity contribution in [1.82, 2.24) is 5.32 Å². The molecule has 1 aliphatic rings. The molecule has 3 rings (SSSR count). The largest absolute Gasteiger partial charge is 0.329 e. The summed E-state index contributed by atoms with van der Waals surface area (Å²) in [7, 11) is 0. The summed E-state index contributed by atoms with van der Waals surface area (Å²) < 4.78 is 0. The monoisotopic (exact) mass is 252 g/mol. The number of anilines is 1. The Kier molecular flexibility index (Phi) is 2.76.